The topological polar surface area (TPSA) is 56.0 Å². The third kappa shape index (κ3) is 2.41. The molecule has 3 heteroatoms. The van der Waals surface area contributed by atoms with Crippen LogP contribution in [0.5, 0.6) is 0 Å². The summed E-state index contributed by atoms with van der Waals surface area (Å²) in [4.78, 5) is 0. The van der Waals surface area contributed by atoms with Crippen LogP contribution >= 0.6 is 0 Å². The third-order valence-corrected chi connectivity index (χ3v) is 5.12. The fourth-order valence-corrected chi connectivity index (χ4v) is 3.85. The van der Waals surface area contributed by atoms with Gasteiger partial charge in [0, 0.05) is 6.54 Å². The number of nitrogens with one attached hydrogen (secondary N) is 1. The lowest BCUT2D eigenvalue weighted by molar-refractivity contribution is -0.0920. The molecular formula is C15H26N2O. The van der Waals surface area contributed by atoms with Crippen LogP contribution in [0.15, 0.2) is 0 Å². The SMILES string of the molecule is CCCC1CCC(C#N)(C2(O)CCCNC2)CC1. The summed E-state index contributed by atoms with van der Waals surface area (Å²) in [5.41, 5.74) is -1.29. The van der Waals surface area contributed by atoms with Crippen molar-refractivity contribution in [1.82, 2.24) is 5.32 Å². The fraction of sp³-hybridized carbons (Fsp3) is 0.933. The summed E-state index contributed by atoms with van der Waals surface area (Å²) < 4.78 is 0. The number of hydrogen-bond donors (Lipinski definition) is 2. The van der Waals surface area contributed by atoms with Crippen molar-refractivity contribution in [3.63, 3.8) is 0 Å². The first-order chi connectivity index (χ1) is 8.66. The largest absolute Gasteiger partial charge is 0.387 e. The van der Waals surface area contributed by atoms with Gasteiger partial charge in [-0.15, -0.1) is 0 Å². The lowest BCUT2D eigenvalue weighted by Gasteiger charge is -2.48. The van der Waals surface area contributed by atoms with Crippen molar-refractivity contribution in [2.24, 2.45) is 11.3 Å². The van der Waals surface area contributed by atoms with Gasteiger partial charge in [-0.3, -0.25) is 0 Å². The van der Waals surface area contributed by atoms with Gasteiger partial charge in [-0.1, -0.05) is 19.8 Å². The average molecular weight is 250 g/mol. The van der Waals surface area contributed by atoms with Crippen molar-refractivity contribution < 1.29 is 5.11 Å². The Balaban J connectivity index is 2.06. The molecule has 0 aromatic carbocycles. The summed E-state index contributed by atoms with van der Waals surface area (Å²) in [5, 5.41) is 23.8. The van der Waals surface area contributed by atoms with Gasteiger partial charge in [0.15, 0.2) is 0 Å². The fourth-order valence-electron chi connectivity index (χ4n) is 3.85. The third-order valence-electron chi connectivity index (χ3n) is 5.12. The van der Waals surface area contributed by atoms with Crippen LogP contribution in [0.1, 0.15) is 58.3 Å². The van der Waals surface area contributed by atoms with Crippen LogP contribution in [0.25, 0.3) is 0 Å². The molecule has 3 nitrogen and oxygen atoms in total. The van der Waals surface area contributed by atoms with E-state index in [-0.39, 0.29) is 0 Å². The Bertz CT molecular complexity index is 307. The normalized spacial score (nSPS) is 41.3. The van der Waals surface area contributed by atoms with Gasteiger partial charge in [-0.2, -0.15) is 5.26 Å². The van der Waals surface area contributed by atoms with E-state index in [0.717, 1.165) is 51.0 Å². The molecule has 0 radical (unpaired) electrons. The van der Waals surface area contributed by atoms with E-state index >= 15 is 0 Å². The highest BCUT2D eigenvalue weighted by Gasteiger charge is 2.52. The molecule has 18 heavy (non-hydrogen) atoms. The molecule has 0 aromatic heterocycles. The van der Waals surface area contributed by atoms with Crippen LogP contribution in [0, 0.1) is 22.7 Å². The molecule has 1 saturated carbocycles. The smallest absolute Gasteiger partial charge is 0.0957 e. The molecule has 0 bridgehead atoms. The van der Waals surface area contributed by atoms with Crippen LogP contribution in [0.4, 0.5) is 0 Å². The Morgan fingerprint density at radius 1 is 1.33 bits per heavy atom. The Morgan fingerprint density at radius 3 is 2.56 bits per heavy atom. The molecule has 102 valence electrons. The van der Waals surface area contributed by atoms with Gasteiger partial charge in [0.25, 0.3) is 0 Å². The van der Waals surface area contributed by atoms with Gasteiger partial charge in [0.1, 0.15) is 0 Å². The zero-order valence-corrected chi connectivity index (χ0v) is 11.5. The van der Waals surface area contributed by atoms with E-state index in [0.29, 0.717) is 6.54 Å². The van der Waals surface area contributed by atoms with Crippen LogP contribution in [0.2, 0.25) is 0 Å². The highest BCUT2D eigenvalue weighted by molar-refractivity contribution is 5.14. The van der Waals surface area contributed by atoms with E-state index in [1.54, 1.807) is 0 Å². The maximum Gasteiger partial charge on any atom is 0.0957 e. The number of rotatable bonds is 3. The van der Waals surface area contributed by atoms with Crippen LogP contribution in [-0.2, 0) is 0 Å². The van der Waals surface area contributed by atoms with Crippen molar-refractivity contribution in [2.45, 2.75) is 63.9 Å². The van der Waals surface area contributed by atoms with Crippen LogP contribution < -0.4 is 5.32 Å². The number of hydrogen-bond acceptors (Lipinski definition) is 3. The van der Waals surface area contributed by atoms with Crippen molar-refractivity contribution in [3.05, 3.63) is 0 Å². The molecule has 1 aliphatic heterocycles. The molecule has 2 N–H and O–H groups in total. The zero-order valence-electron chi connectivity index (χ0n) is 11.5. The van der Waals surface area contributed by atoms with Crippen molar-refractivity contribution in [1.29, 1.82) is 5.26 Å². The average Bonchev–Trinajstić information content (AvgIpc) is 2.41. The van der Waals surface area contributed by atoms with Crippen molar-refractivity contribution in [2.75, 3.05) is 13.1 Å². The first-order valence-electron chi connectivity index (χ1n) is 7.50. The maximum atomic E-state index is 10.9. The number of β-amino-alcohol motifs (C(OH)–C–C–N with tert-alkyl or cyclic N) is 1. The Kier molecular flexibility index (Phi) is 4.29. The quantitative estimate of drug-likeness (QED) is 0.809. The highest BCUT2D eigenvalue weighted by Crippen LogP contribution is 2.49. The lowest BCUT2D eigenvalue weighted by atomic mass is 9.60. The maximum absolute atomic E-state index is 10.9. The van der Waals surface area contributed by atoms with Gasteiger partial charge in [0.2, 0.25) is 0 Å². The van der Waals surface area contributed by atoms with E-state index in [2.05, 4.69) is 18.3 Å². The Morgan fingerprint density at radius 2 is 2.06 bits per heavy atom. The first kappa shape index (κ1) is 13.8. The van der Waals surface area contributed by atoms with Crippen molar-refractivity contribution >= 4 is 0 Å². The molecule has 2 aliphatic rings. The number of aliphatic hydroxyl groups is 1. The minimum atomic E-state index is -0.794. The van der Waals surface area contributed by atoms with Gasteiger partial charge < -0.3 is 10.4 Å². The minimum Gasteiger partial charge on any atom is -0.387 e. The molecule has 2 fully saturated rings. The molecule has 1 saturated heterocycles. The van der Waals surface area contributed by atoms with E-state index < -0.39 is 11.0 Å². The highest BCUT2D eigenvalue weighted by atomic mass is 16.3. The van der Waals surface area contributed by atoms with E-state index in [1.165, 1.54) is 12.8 Å². The summed E-state index contributed by atoms with van der Waals surface area (Å²) in [5.74, 6) is 0.775. The summed E-state index contributed by atoms with van der Waals surface area (Å²) in [6, 6.07) is 2.50. The monoisotopic (exact) mass is 250 g/mol. The van der Waals surface area contributed by atoms with Crippen LogP contribution in [-0.4, -0.2) is 23.8 Å². The van der Waals surface area contributed by atoms with E-state index in [9.17, 15) is 10.4 Å². The Labute approximate surface area is 111 Å². The molecule has 0 amide bonds. The second kappa shape index (κ2) is 5.59. The predicted molar refractivity (Wildman–Crippen MR) is 72.0 cm³/mol. The van der Waals surface area contributed by atoms with Gasteiger partial charge in [0.05, 0.1) is 17.1 Å². The summed E-state index contributed by atoms with van der Waals surface area (Å²) in [6.45, 7) is 3.80. The second-order valence-electron chi connectivity index (χ2n) is 6.24. The summed E-state index contributed by atoms with van der Waals surface area (Å²) in [6.07, 6.45) is 8.27. The minimum absolute atomic E-state index is 0.495. The van der Waals surface area contributed by atoms with E-state index in [4.69, 9.17) is 0 Å². The molecule has 0 spiro atoms. The molecule has 1 heterocycles. The standard InChI is InChI=1S/C15H26N2O/c1-2-4-13-5-8-14(11-16,9-6-13)15(18)7-3-10-17-12-15/h13,17-18H,2-10,12H2,1H3. The lowest BCUT2D eigenvalue weighted by Crippen LogP contribution is -2.57. The summed E-state index contributed by atoms with van der Waals surface area (Å²) in [7, 11) is 0. The first-order valence-corrected chi connectivity index (χ1v) is 7.50. The number of piperidine rings is 1. The molecule has 1 unspecified atom stereocenters. The van der Waals surface area contributed by atoms with Crippen molar-refractivity contribution in [3.8, 4) is 6.07 Å². The van der Waals surface area contributed by atoms with E-state index in [1.807, 2.05) is 0 Å². The molecule has 0 aromatic rings. The number of nitriles is 1. The zero-order chi connectivity index (χ0) is 13.1. The summed E-state index contributed by atoms with van der Waals surface area (Å²) >= 11 is 0. The Hall–Kier alpha value is -0.590. The number of nitrogens with zero attached hydrogens (tertiary/aromatic N) is 1. The molecule has 1 aliphatic carbocycles. The van der Waals surface area contributed by atoms with Gasteiger partial charge in [-0.05, 0) is 51.0 Å². The second-order valence-corrected chi connectivity index (χ2v) is 6.24. The molecule has 2 rings (SSSR count). The van der Waals surface area contributed by atoms with Gasteiger partial charge in [-0.25, -0.2) is 0 Å². The van der Waals surface area contributed by atoms with Gasteiger partial charge >= 0.3 is 0 Å². The predicted octanol–water partition coefficient (Wildman–Crippen LogP) is 2.60. The van der Waals surface area contributed by atoms with Crippen LogP contribution in [0.3, 0.4) is 0 Å². The molecular weight excluding hydrogens is 224 g/mol. The molecule has 1 atom stereocenters.